The zero-order valence-electron chi connectivity index (χ0n) is 15.9. The summed E-state index contributed by atoms with van der Waals surface area (Å²) < 4.78 is 28.7. The van der Waals surface area contributed by atoms with Crippen molar-refractivity contribution in [1.82, 2.24) is 10.2 Å². The van der Waals surface area contributed by atoms with Crippen LogP contribution in [0, 0.1) is 0 Å². The third-order valence-corrected chi connectivity index (χ3v) is 4.12. The molecule has 0 fully saturated rings. The van der Waals surface area contributed by atoms with E-state index in [1.165, 1.54) is 19.1 Å². The topological polar surface area (TPSA) is 58.6 Å². The minimum absolute atomic E-state index is 0.0874. The van der Waals surface area contributed by atoms with Crippen LogP contribution in [0.5, 0.6) is 5.75 Å². The van der Waals surface area contributed by atoms with Crippen LogP contribution in [-0.4, -0.2) is 42.8 Å². The highest BCUT2D eigenvalue weighted by molar-refractivity contribution is 5.88. The Morgan fingerprint density at radius 2 is 1.68 bits per heavy atom. The van der Waals surface area contributed by atoms with Gasteiger partial charge in [0.05, 0.1) is 12.6 Å². The minimum Gasteiger partial charge on any atom is -0.435 e. The number of nitrogens with one attached hydrogen (secondary N) is 1. The Morgan fingerprint density at radius 3 is 2.25 bits per heavy atom. The molecule has 2 aromatic rings. The van der Waals surface area contributed by atoms with Gasteiger partial charge in [-0.05, 0) is 43.7 Å². The number of benzene rings is 2. The summed E-state index contributed by atoms with van der Waals surface area (Å²) in [6.07, 6.45) is 0.442. The monoisotopic (exact) mass is 390 g/mol. The van der Waals surface area contributed by atoms with Crippen molar-refractivity contribution in [1.29, 1.82) is 0 Å². The predicted octanol–water partition coefficient (Wildman–Crippen LogP) is 3.04. The van der Waals surface area contributed by atoms with Gasteiger partial charge in [-0.1, -0.05) is 42.5 Å². The summed E-state index contributed by atoms with van der Waals surface area (Å²) in [7, 11) is 1.77. The Bertz CT molecular complexity index is 767. The summed E-state index contributed by atoms with van der Waals surface area (Å²) in [5.74, 6) is -0.268. The largest absolute Gasteiger partial charge is 0.435 e. The van der Waals surface area contributed by atoms with Crippen molar-refractivity contribution >= 4 is 11.7 Å². The number of amides is 1. The second-order valence-electron chi connectivity index (χ2n) is 6.62. The zero-order valence-corrected chi connectivity index (χ0v) is 15.9. The quantitative estimate of drug-likeness (QED) is 0.678. The molecule has 2 aromatic carbocycles. The first kappa shape index (κ1) is 21.5. The number of Topliss-reactive ketones (excluding diaryl/α,β-unsaturated/α-hetero) is 1. The van der Waals surface area contributed by atoms with Crippen LogP contribution in [0.15, 0.2) is 54.6 Å². The third-order valence-electron chi connectivity index (χ3n) is 4.12. The molecule has 0 bridgehead atoms. The summed E-state index contributed by atoms with van der Waals surface area (Å²) in [4.78, 5) is 26.0. The van der Waals surface area contributed by atoms with Gasteiger partial charge in [-0.15, -0.1) is 0 Å². The first-order valence-electron chi connectivity index (χ1n) is 8.89. The first-order valence-corrected chi connectivity index (χ1v) is 8.89. The van der Waals surface area contributed by atoms with E-state index in [4.69, 9.17) is 0 Å². The summed E-state index contributed by atoms with van der Waals surface area (Å²) in [6.45, 7) is -0.845. The fourth-order valence-corrected chi connectivity index (χ4v) is 2.78. The summed E-state index contributed by atoms with van der Waals surface area (Å²) in [5, 5.41) is 2.78. The van der Waals surface area contributed by atoms with Crippen molar-refractivity contribution in [3.05, 3.63) is 65.7 Å². The summed E-state index contributed by atoms with van der Waals surface area (Å²) >= 11 is 0. The molecule has 28 heavy (non-hydrogen) atoms. The van der Waals surface area contributed by atoms with Gasteiger partial charge in [0.2, 0.25) is 5.91 Å². The molecule has 0 aliphatic carbocycles. The van der Waals surface area contributed by atoms with Crippen molar-refractivity contribution in [3.8, 4) is 5.75 Å². The fourth-order valence-electron chi connectivity index (χ4n) is 2.78. The Balaban J connectivity index is 1.85. The van der Waals surface area contributed by atoms with Gasteiger partial charge in [0, 0.05) is 6.54 Å². The average Bonchev–Trinajstić information content (AvgIpc) is 2.63. The molecule has 1 atom stereocenters. The van der Waals surface area contributed by atoms with Crippen molar-refractivity contribution in [2.45, 2.75) is 32.5 Å². The van der Waals surface area contributed by atoms with E-state index < -0.39 is 12.7 Å². The Hall–Kier alpha value is -2.80. The molecule has 2 rings (SSSR count). The van der Waals surface area contributed by atoms with Crippen molar-refractivity contribution < 1.29 is 23.1 Å². The van der Waals surface area contributed by atoms with E-state index >= 15 is 0 Å². The van der Waals surface area contributed by atoms with Gasteiger partial charge in [-0.2, -0.15) is 8.78 Å². The molecule has 5 nitrogen and oxygen atoms in total. The summed E-state index contributed by atoms with van der Waals surface area (Å²) in [6, 6.07) is 15.2. The Morgan fingerprint density at radius 1 is 1.04 bits per heavy atom. The molecule has 0 saturated carbocycles. The van der Waals surface area contributed by atoms with E-state index in [1.807, 2.05) is 30.3 Å². The van der Waals surface area contributed by atoms with Gasteiger partial charge in [0.1, 0.15) is 5.75 Å². The number of carbonyl (C=O) groups is 2. The first-order chi connectivity index (χ1) is 13.3. The van der Waals surface area contributed by atoms with E-state index in [0.29, 0.717) is 13.0 Å². The number of nitrogens with zero attached hydrogens (tertiary/aromatic N) is 1. The third kappa shape index (κ3) is 7.44. The number of rotatable bonds is 10. The number of hydrogen-bond donors (Lipinski definition) is 1. The molecule has 0 radical (unpaired) electrons. The van der Waals surface area contributed by atoms with Crippen LogP contribution in [0.25, 0.3) is 0 Å². The molecule has 0 spiro atoms. The van der Waals surface area contributed by atoms with Gasteiger partial charge in [-0.25, -0.2) is 0 Å². The van der Waals surface area contributed by atoms with Crippen molar-refractivity contribution in [2.75, 3.05) is 13.6 Å². The predicted molar refractivity (Wildman–Crippen MR) is 102 cm³/mol. The smallest absolute Gasteiger partial charge is 0.387 e. The highest BCUT2D eigenvalue weighted by atomic mass is 19.3. The molecule has 1 N–H and O–H groups in total. The molecule has 1 amide bonds. The number of halogens is 2. The number of hydrogen-bond acceptors (Lipinski definition) is 4. The minimum atomic E-state index is -2.86. The second-order valence-corrected chi connectivity index (χ2v) is 6.62. The average molecular weight is 390 g/mol. The van der Waals surface area contributed by atoms with E-state index in [0.717, 1.165) is 11.1 Å². The number of alkyl halides is 2. The van der Waals surface area contributed by atoms with E-state index in [9.17, 15) is 18.4 Å². The molecular weight excluding hydrogens is 366 g/mol. The molecule has 7 heteroatoms. The Kier molecular flexibility index (Phi) is 8.07. The molecule has 0 unspecified atom stereocenters. The van der Waals surface area contributed by atoms with Gasteiger partial charge in [0.15, 0.2) is 5.78 Å². The van der Waals surface area contributed by atoms with Gasteiger partial charge in [-0.3, -0.25) is 14.5 Å². The van der Waals surface area contributed by atoms with Crippen LogP contribution in [0.1, 0.15) is 18.1 Å². The standard InChI is InChI=1S/C21H24F2N2O3/c1-15(26)19(12-16-6-4-3-5-7-16)24-20(27)14-25(2)13-17-8-10-18(11-9-17)28-21(22)23/h3-11,19,21H,12-14H2,1-2H3,(H,24,27)/t19-/m1/s1. The molecule has 0 saturated heterocycles. The van der Waals surface area contributed by atoms with Crippen LogP contribution in [0.3, 0.4) is 0 Å². The zero-order chi connectivity index (χ0) is 20.5. The number of ketones is 1. The van der Waals surface area contributed by atoms with Crippen LogP contribution >= 0.6 is 0 Å². The number of likely N-dealkylation sites (N-methyl/N-ethyl adjacent to an activating group) is 1. The lowest BCUT2D eigenvalue weighted by Gasteiger charge is -2.20. The van der Waals surface area contributed by atoms with Gasteiger partial charge >= 0.3 is 6.61 Å². The maximum atomic E-state index is 12.3. The maximum absolute atomic E-state index is 12.3. The molecule has 150 valence electrons. The van der Waals surface area contributed by atoms with Crippen LogP contribution in [-0.2, 0) is 22.6 Å². The maximum Gasteiger partial charge on any atom is 0.387 e. The van der Waals surface area contributed by atoms with Crippen LogP contribution < -0.4 is 10.1 Å². The van der Waals surface area contributed by atoms with Crippen molar-refractivity contribution in [3.63, 3.8) is 0 Å². The van der Waals surface area contributed by atoms with Crippen molar-refractivity contribution in [2.24, 2.45) is 0 Å². The number of carbonyl (C=O) groups excluding carboxylic acids is 2. The lowest BCUT2D eigenvalue weighted by atomic mass is 10.0. The molecule has 0 aromatic heterocycles. The fraction of sp³-hybridized carbons (Fsp3) is 0.333. The second kappa shape index (κ2) is 10.5. The SMILES string of the molecule is CC(=O)[C@@H](Cc1ccccc1)NC(=O)CN(C)Cc1ccc(OC(F)F)cc1. The van der Waals surface area contributed by atoms with Crippen LogP contribution in [0.4, 0.5) is 8.78 Å². The highest BCUT2D eigenvalue weighted by Gasteiger charge is 2.18. The molecular formula is C21H24F2N2O3. The Labute approximate surface area is 163 Å². The molecule has 0 aliphatic rings. The number of ether oxygens (including phenoxy) is 1. The highest BCUT2D eigenvalue weighted by Crippen LogP contribution is 2.15. The van der Waals surface area contributed by atoms with E-state index in [2.05, 4.69) is 10.1 Å². The molecule has 0 heterocycles. The van der Waals surface area contributed by atoms with E-state index in [1.54, 1.807) is 24.1 Å². The normalized spacial score (nSPS) is 12.1. The van der Waals surface area contributed by atoms with Gasteiger partial charge < -0.3 is 10.1 Å². The van der Waals surface area contributed by atoms with E-state index in [-0.39, 0.29) is 24.0 Å². The van der Waals surface area contributed by atoms with Crippen LogP contribution in [0.2, 0.25) is 0 Å². The lowest BCUT2D eigenvalue weighted by Crippen LogP contribution is -2.45. The lowest BCUT2D eigenvalue weighted by molar-refractivity contribution is -0.127. The van der Waals surface area contributed by atoms with Gasteiger partial charge in [0.25, 0.3) is 0 Å². The molecule has 0 aliphatic heterocycles. The summed E-state index contributed by atoms with van der Waals surface area (Å²) in [5.41, 5.74) is 1.83.